The van der Waals surface area contributed by atoms with Crippen LogP contribution in [0.1, 0.15) is 0 Å². The van der Waals surface area contributed by atoms with Crippen LogP contribution < -0.4 is 10.2 Å². The van der Waals surface area contributed by atoms with Gasteiger partial charge in [-0.25, -0.2) is 0 Å². The van der Waals surface area contributed by atoms with Crippen molar-refractivity contribution in [2.75, 3.05) is 7.11 Å². The summed E-state index contributed by atoms with van der Waals surface area (Å²) in [6, 6.07) is 9.25. The molecule has 3 aromatic rings. The lowest BCUT2D eigenvalue weighted by Gasteiger charge is -2.09. The standard InChI is InChI=1S/C16H12O7S/c1-22-13-5-2-9(6-16(13)24(19,20)21)14-8-12(18)11-4-3-10(17)7-15(11)23-14/h2-8,17H,1H3,(H,19,20,21). The van der Waals surface area contributed by atoms with Gasteiger partial charge in [0.1, 0.15) is 27.7 Å². The predicted octanol–water partition coefficient (Wildman–Crippen LogP) is 2.42. The summed E-state index contributed by atoms with van der Waals surface area (Å²) in [6.45, 7) is 0. The highest BCUT2D eigenvalue weighted by Gasteiger charge is 2.18. The summed E-state index contributed by atoms with van der Waals surface area (Å²) in [6.07, 6.45) is 0. The summed E-state index contributed by atoms with van der Waals surface area (Å²) in [5.41, 5.74) is 0.0583. The van der Waals surface area contributed by atoms with Gasteiger partial charge in [0.25, 0.3) is 10.1 Å². The first-order chi connectivity index (χ1) is 11.3. The molecule has 7 nitrogen and oxygen atoms in total. The average molecular weight is 348 g/mol. The average Bonchev–Trinajstić information content (AvgIpc) is 2.52. The first kappa shape index (κ1) is 16.0. The Morgan fingerprint density at radius 2 is 1.83 bits per heavy atom. The van der Waals surface area contributed by atoms with Crippen molar-refractivity contribution in [2.24, 2.45) is 0 Å². The van der Waals surface area contributed by atoms with E-state index in [0.29, 0.717) is 0 Å². The molecule has 0 aliphatic rings. The van der Waals surface area contributed by atoms with E-state index in [1.54, 1.807) is 0 Å². The van der Waals surface area contributed by atoms with Gasteiger partial charge >= 0.3 is 0 Å². The smallest absolute Gasteiger partial charge is 0.298 e. The van der Waals surface area contributed by atoms with E-state index < -0.39 is 15.0 Å². The lowest BCUT2D eigenvalue weighted by atomic mass is 10.1. The largest absolute Gasteiger partial charge is 0.508 e. The monoisotopic (exact) mass is 348 g/mol. The maximum absolute atomic E-state index is 12.2. The number of rotatable bonds is 3. The Labute approximate surface area is 136 Å². The number of ether oxygens (including phenoxy) is 1. The van der Waals surface area contributed by atoms with Crippen LogP contribution in [0.25, 0.3) is 22.3 Å². The number of hydrogen-bond donors (Lipinski definition) is 2. The normalized spacial score (nSPS) is 11.6. The number of fused-ring (bicyclic) bond motifs is 1. The Morgan fingerprint density at radius 1 is 1.08 bits per heavy atom. The van der Waals surface area contributed by atoms with Crippen molar-refractivity contribution in [3.8, 4) is 22.8 Å². The number of benzene rings is 2. The highest BCUT2D eigenvalue weighted by molar-refractivity contribution is 7.86. The zero-order valence-electron chi connectivity index (χ0n) is 12.4. The van der Waals surface area contributed by atoms with Crippen molar-refractivity contribution in [1.29, 1.82) is 0 Å². The summed E-state index contributed by atoms with van der Waals surface area (Å²) in [5, 5.41) is 9.79. The van der Waals surface area contributed by atoms with Crippen LogP contribution in [0.3, 0.4) is 0 Å². The number of hydrogen-bond acceptors (Lipinski definition) is 6. The molecule has 0 saturated carbocycles. The number of aromatic hydroxyl groups is 1. The molecule has 0 atom stereocenters. The maximum atomic E-state index is 12.2. The van der Waals surface area contributed by atoms with Crippen LogP contribution in [0.5, 0.6) is 11.5 Å². The third-order valence-corrected chi connectivity index (χ3v) is 4.31. The van der Waals surface area contributed by atoms with Crippen molar-refractivity contribution in [3.63, 3.8) is 0 Å². The molecule has 0 bridgehead atoms. The highest BCUT2D eigenvalue weighted by atomic mass is 32.2. The van der Waals surface area contributed by atoms with Crippen molar-refractivity contribution >= 4 is 21.1 Å². The molecule has 124 valence electrons. The number of methoxy groups -OCH3 is 1. The molecule has 0 radical (unpaired) electrons. The first-order valence-electron chi connectivity index (χ1n) is 6.72. The van der Waals surface area contributed by atoms with E-state index >= 15 is 0 Å². The molecular formula is C16H12O7S. The van der Waals surface area contributed by atoms with Crippen LogP contribution in [0.15, 0.2) is 56.6 Å². The van der Waals surface area contributed by atoms with Crippen molar-refractivity contribution in [3.05, 3.63) is 52.7 Å². The van der Waals surface area contributed by atoms with Crippen LogP contribution in [-0.4, -0.2) is 25.2 Å². The van der Waals surface area contributed by atoms with Crippen LogP contribution in [-0.2, 0) is 10.1 Å². The molecule has 24 heavy (non-hydrogen) atoms. The van der Waals surface area contributed by atoms with Gasteiger partial charge in [0.15, 0.2) is 5.43 Å². The van der Waals surface area contributed by atoms with E-state index in [1.165, 1.54) is 43.5 Å². The van der Waals surface area contributed by atoms with Gasteiger partial charge < -0.3 is 14.3 Å². The fourth-order valence-corrected chi connectivity index (χ4v) is 3.00. The van der Waals surface area contributed by atoms with Gasteiger partial charge in [-0.1, -0.05) is 0 Å². The van der Waals surface area contributed by atoms with Crippen LogP contribution in [0.4, 0.5) is 0 Å². The first-order valence-corrected chi connectivity index (χ1v) is 8.16. The second kappa shape index (κ2) is 5.66. The third-order valence-electron chi connectivity index (χ3n) is 3.44. The molecule has 0 spiro atoms. The lowest BCUT2D eigenvalue weighted by molar-refractivity contribution is 0.397. The number of phenols is 1. The van der Waals surface area contributed by atoms with Gasteiger partial charge in [0, 0.05) is 17.7 Å². The fourth-order valence-electron chi connectivity index (χ4n) is 2.32. The van der Waals surface area contributed by atoms with E-state index in [0.717, 1.165) is 6.07 Å². The molecule has 8 heteroatoms. The second-order valence-electron chi connectivity index (χ2n) is 5.00. The molecule has 0 amide bonds. The highest BCUT2D eigenvalue weighted by Crippen LogP contribution is 2.31. The summed E-state index contributed by atoms with van der Waals surface area (Å²) >= 11 is 0. The van der Waals surface area contributed by atoms with E-state index in [4.69, 9.17) is 9.15 Å². The molecule has 3 rings (SSSR count). The molecule has 0 aliphatic carbocycles. The van der Waals surface area contributed by atoms with Gasteiger partial charge in [0.2, 0.25) is 0 Å². The Kier molecular flexibility index (Phi) is 3.78. The summed E-state index contributed by atoms with van der Waals surface area (Å²) < 4.78 is 42.7. The van der Waals surface area contributed by atoms with Crippen LogP contribution in [0, 0.1) is 0 Å². The molecular weight excluding hydrogens is 336 g/mol. The Morgan fingerprint density at radius 3 is 2.50 bits per heavy atom. The zero-order valence-corrected chi connectivity index (χ0v) is 13.2. The Hall–Kier alpha value is -2.84. The fraction of sp³-hybridized carbons (Fsp3) is 0.0625. The minimum atomic E-state index is -4.52. The van der Waals surface area contributed by atoms with Gasteiger partial charge in [0.05, 0.1) is 12.5 Å². The minimum absolute atomic E-state index is 0.0398. The predicted molar refractivity (Wildman–Crippen MR) is 86.0 cm³/mol. The van der Waals surface area contributed by atoms with E-state index in [-0.39, 0.29) is 39.2 Å². The van der Waals surface area contributed by atoms with Crippen LogP contribution in [0.2, 0.25) is 0 Å². The quantitative estimate of drug-likeness (QED) is 0.699. The molecule has 1 aromatic heterocycles. The molecule has 0 saturated heterocycles. The minimum Gasteiger partial charge on any atom is -0.508 e. The van der Waals surface area contributed by atoms with E-state index in [2.05, 4.69) is 0 Å². The van der Waals surface area contributed by atoms with Gasteiger partial charge in [-0.15, -0.1) is 0 Å². The van der Waals surface area contributed by atoms with Crippen molar-refractivity contribution in [2.45, 2.75) is 4.90 Å². The van der Waals surface area contributed by atoms with Gasteiger partial charge in [-0.05, 0) is 30.3 Å². The molecule has 2 N–H and O–H groups in total. The van der Waals surface area contributed by atoms with E-state index in [1.807, 2.05) is 0 Å². The molecule has 0 fully saturated rings. The van der Waals surface area contributed by atoms with Crippen LogP contribution >= 0.6 is 0 Å². The SMILES string of the molecule is COc1ccc(-c2cc(=O)c3ccc(O)cc3o2)cc1S(=O)(=O)O. The van der Waals surface area contributed by atoms with Gasteiger partial charge in [-0.2, -0.15) is 8.42 Å². The summed E-state index contributed by atoms with van der Waals surface area (Å²) in [4.78, 5) is 11.7. The summed E-state index contributed by atoms with van der Waals surface area (Å²) in [7, 11) is -3.25. The van der Waals surface area contributed by atoms with E-state index in [9.17, 15) is 22.9 Å². The second-order valence-corrected chi connectivity index (χ2v) is 6.39. The molecule has 1 heterocycles. The molecule has 2 aromatic carbocycles. The third kappa shape index (κ3) is 2.84. The van der Waals surface area contributed by atoms with Crippen molar-refractivity contribution < 1.29 is 27.2 Å². The zero-order chi connectivity index (χ0) is 17.5. The Balaban J connectivity index is 2.26. The Bertz CT molecular complexity index is 1100. The lowest BCUT2D eigenvalue weighted by Crippen LogP contribution is -2.03. The topological polar surface area (TPSA) is 114 Å². The van der Waals surface area contributed by atoms with Crippen molar-refractivity contribution in [1.82, 2.24) is 0 Å². The maximum Gasteiger partial charge on any atom is 0.298 e. The molecule has 0 aliphatic heterocycles. The molecule has 0 unspecified atom stereocenters. The van der Waals surface area contributed by atoms with Gasteiger partial charge in [-0.3, -0.25) is 9.35 Å². The summed E-state index contributed by atoms with van der Waals surface area (Å²) in [5.74, 6) is -0.0242. The number of phenolic OH excluding ortho intramolecular Hbond substituents is 1.